The molecule has 0 aliphatic carbocycles. The minimum absolute atomic E-state index is 0.0232. The average Bonchev–Trinajstić information content (AvgIpc) is 2.84. The Bertz CT molecular complexity index is 670. The molecule has 124 valence electrons. The highest BCUT2D eigenvalue weighted by Gasteiger charge is 2.47. The fourth-order valence-electron chi connectivity index (χ4n) is 3.37. The molecule has 0 saturated carbocycles. The molecular weight excluding hydrogens is 290 g/mol. The lowest BCUT2D eigenvalue weighted by Gasteiger charge is -2.40. The van der Waals surface area contributed by atoms with Crippen LogP contribution in [0.5, 0.6) is 5.75 Å². The first-order valence-corrected chi connectivity index (χ1v) is 8.28. The maximum absolute atomic E-state index is 13.0. The van der Waals surface area contributed by atoms with Gasteiger partial charge in [0.25, 0.3) is 0 Å². The van der Waals surface area contributed by atoms with Gasteiger partial charge in [0, 0.05) is 18.5 Å². The van der Waals surface area contributed by atoms with Crippen LogP contribution in [0.2, 0.25) is 0 Å². The van der Waals surface area contributed by atoms with Gasteiger partial charge in [-0.3, -0.25) is 9.59 Å². The molecule has 3 rings (SSSR count). The van der Waals surface area contributed by atoms with Gasteiger partial charge < -0.3 is 9.64 Å². The number of rotatable bonds is 1. The van der Waals surface area contributed by atoms with Crippen molar-refractivity contribution in [2.45, 2.75) is 64.5 Å². The zero-order chi connectivity index (χ0) is 17.0. The van der Waals surface area contributed by atoms with E-state index in [1.165, 1.54) is 0 Å². The Morgan fingerprint density at radius 3 is 2.48 bits per heavy atom. The highest BCUT2D eigenvalue weighted by molar-refractivity contribution is 5.97. The summed E-state index contributed by atoms with van der Waals surface area (Å²) in [5.41, 5.74) is 1.04. The van der Waals surface area contributed by atoms with Gasteiger partial charge in [0.05, 0.1) is 0 Å². The molecule has 1 unspecified atom stereocenters. The topological polar surface area (TPSA) is 46.6 Å². The van der Waals surface area contributed by atoms with Gasteiger partial charge in [-0.05, 0) is 43.4 Å². The molecule has 1 aromatic carbocycles. The molecule has 0 radical (unpaired) electrons. The summed E-state index contributed by atoms with van der Waals surface area (Å²) < 4.78 is 5.94. The molecule has 1 fully saturated rings. The molecule has 0 bridgehead atoms. The summed E-state index contributed by atoms with van der Waals surface area (Å²) >= 11 is 0. The Labute approximate surface area is 137 Å². The van der Waals surface area contributed by atoms with Gasteiger partial charge in [-0.1, -0.05) is 26.8 Å². The average molecular weight is 315 g/mol. The Morgan fingerprint density at radius 1 is 1.22 bits per heavy atom. The number of carbonyl (C=O) groups excluding carboxylic acids is 2. The van der Waals surface area contributed by atoms with Gasteiger partial charge in [0.2, 0.25) is 11.7 Å². The number of carbonyl (C=O) groups is 2. The van der Waals surface area contributed by atoms with Crippen molar-refractivity contribution in [2.24, 2.45) is 0 Å². The third kappa shape index (κ3) is 2.64. The van der Waals surface area contributed by atoms with Crippen molar-refractivity contribution < 1.29 is 14.3 Å². The SMILES string of the molecule is CC1(C)Oc2ccc(C(C)(C)C)cc2C(N2CCCC2=O)C1=O. The van der Waals surface area contributed by atoms with E-state index in [-0.39, 0.29) is 17.1 Å². The molecule has 0 N–H and O–H groups in total. The zero-order valence-electron chi connectivity index (χ0n) is 14.6. The van der Waals surface area contributed by atoms with Crippen LogP contribution in [-0.2, 0) is 15.0 Å². The second-order valence-corrected chi connectivity index (χ2v) is 8.07. The van der Waals surface area contributed by atoms with Crippen LogP contribution in [0.25, 0.3) is 0 Å². The zero-order valence-corrected chi connectivity index (χ0v) is 14.6. The molecule has 1 amide bonds. The molecule has 4 nitrogen and oxygen atoms in total. The van der Waals surface area contributed by atoms with Crippen LogP contribution in [0, 0.1) is 0 Å². The van der Waals surface area contributed by atoms with Crippen LogP contribution >= 0.6 is 0 Å². The predicted octanol–water partition coefficient (Wildman–Crippen LogP) is 3.39. The van der Waals surface area contributed by atoms with Crippen LogP contribution in [0.3, 0.4) is 0 Å². The van der Waals surface area contributed by atoms with E-state index in [0.717, 1.165) is 17.5 Å². The van der Waals surface area contributed by atoms with E-state index in [1.807, 2.05) is 18.2 Å². The standard InChI is InChI=1S/C19H25NO3/c1-18(2,3)12-8-9-14-13(11-12)16(17(22)19(4,5)23-14)20-10-6-7-15(20)21/h8-9,11,16H,6-7,10H2,1-5H3. The molecule has 2 aliphatic heterocycles. The number of benzene rings is 1. The summed E-state index contributed by atoms with van der Waals surface area (Å²) in [5.74, 6) is 0.742. The maximum Gasteiger partial charge on any atom is 0.223 e. The van der Waals surface area contributed by atoms with Crippen molar-refractivity contribution in [2.75, 3.05) is 6.54 Å². The fourth-order valence-corrected chi connectivity index (χ4v) is 3.37. The fraction of sp³-hybridized carbons (Fsp3) is 0.579. The number of hydrogen-bond donors (Lipinski definition) is 0. The molecule has 2 heterocycles. The lowest BCUT2D eigenvalue weighted by atomic mass is 9.81. The first kappa shape index (κ1) is 16.0. The molecule has 4 heteroatoms. The Morgan fingerprint density at radius 2 is 1.91 bits per heavy atom. The molecule has 0 spiro atoms. The number of likely N-dealkylation sites (tertiary alicyclic amines) is 1. The Hall–Kier alpha value is -1.84. The largest absolute Gasteiger partial charge is 0.480 e. The first-order chi connectivity index (χ1) is 10.6. The molecule has 0 aromatic heterocycles. The van der Waals surface area contributed by atoms with Crippen LogP contribution in [0.15, 0.2) is 18.2 Å². The lowest BCUT2D eigenvalue weighted by molar-refractivity contribution is -0.146. The van der Waals surface area contributed by atoms with E-state index in [2.05, 4.69) is 20.8 Å². The summed E-state index contributed by atoms with van der Waals surface area (Å²) in [7, 11) is 0. The van der Waals surface area contributed by atoms with Crippen molar-refractivity contribution in [1.29, 1.82) is 0 Å². The highest BCUT2D eigenvalue weighted by atomic mass is 16.5. The number of Topliss-reactive ketones (excluding diaryl/α,β-unsaturated/α-hetero) is 1. The van der Waals surface area contributed by atoms with Gasteiger partial charge >= 0.3 is 0 Å². The second kappa shape index (κ2) is 5.08. The van der Waals surface area contributed by atoms with Crippen LogP contribution < -0.4 is 4.74 Å². The van der Waals surface area contributed by atoms with Gasteiger partial charge in [0.15, 0.2) is 5.60 Å². The van der Waals surface area contributed by atoms with E-state index in [4.69, 9.17) is 4.74 Å². The maximum atomic E-state index is 13.0. The van der Waals surface area contributed by atoms with Crippen LogP contribution in [0.4, 0.5) is 0 Å². The molecular formula is C19H25NO3. The van der Waals surface area contributed by atoms with Crippen molar-refractivity contribution in [3.05, 3.63) is 29.3 Å². The van der Waals surface area contributed by atoms with Crippen molar-refractivity contribution in [3.63, 3.8) is 0 Å². The number of ether oxygens (including phenoxy) is 1. The third-order valence-electron chi connectivity index (χ3n) is 4.80. The van der Waals surface area contributed by atoms with E-state index in [9.17, 15) is 9.59 Å². The number of nitrogens with zero attached hydrogens (tertiary/aromatic N) is 1. The van der Waals surface area contributed by atoms with Crippen LogP contribution in [0.1, 0.15) is 64.6 Å². The predicted molar refractivity (Wildman–Crippen MR) is 88.5 cm³/mol. The molecule has 23 heavy (non-hydrogen) atoms. The van der Waals surface area contributed by atoms with Crippen molar-refractivity contribution in [1.82, 2.24) is 4.90 Å². The summed E-state index contributed by atoms with van der Waals surface area (Å²) in [6.07, 6.45) is 1.34. The Balaban J connectivity index is 2.14. The number of hydrogen-bond acceptors (Lipinski definition) is 3. The minimum Gasteiger partial charge on any atom is -0.480 e. The van der Waals surface area contributed by atoms with Crippen molar-refractivity contribution in [3.8, 4) is 5.75 Å². The second-order valence-electron chi connectivity index (χ2n) is 8.07. The summed E-state index contributed by atoms with van der Waals surface area (Å²) in [6.45, 7) is 10.6. The number of fused-ring (bicyclic) bond motifs is 1. The van der Waals surface area contributed by atoms with E-state index < -0.39 is 11.6 Å². The molecule has 1 saturated heterocycles. The Kier molecular flexibility index (Phi) is 3.54. The van der Waals surface area contributed by atoms with Gasteiger partial charge in [-0.2, -0.15) is 0 Å². The number of amides is 1. The minimum atomic E-state index is -0.913. The van der Waals surface area contributed by atoms with E-state index in [0.29, 0.717) is 18.7 Å². The normalized spacial score (nSPS) is 23.7. The van der Waals surface area contributed by atoms with Gasteiger partial charge in [-0.15, -0.1) is 0 Å². The van der Waals surface area contributed by atoms with E-state index in [1.54, 1.807) is 18.7 Å². The summed E-state index contributed by atoms with van der Waals surface area (Å²) in [5, 5.41) is 0. The lowest BCUT2D eigenvalue weighted by Crippen LogP contribution is -2.50. The summed E-state index contributed by atoms with van der Waals surface area (Å²) in [4.78, 5) is 27.0. The molecule has 2 aliphatic rings. The first-order valence-electron chi connectivity index (χ1n) is 8.28. The number of ketones is 1. The van der Waals surface area contributed by atoms with Gasteiger partial charge in [0.1, 0.15) is 11.8 Å². The third-order valence-corrected chi connectivity index (χ3v) is 4.80. The summed E-state index contributed by atoms with van der Waals surface area (Å²) in [6, 6.07) is 5.51. The molecule has 1 aromatic rings. The van der Waals surface area contributed by atoms with Crippen molar-refractivity contribution >= 4 is 11.7 Å². The smallest absolute Gasteiger partial charge is 0.223 e. The van der Waals surface area contributed by atoms with Crippen LogP contribution in [-0.4, -0.2) is 28.7 Å². The quantitative estimate of drug-likeness (QED) is 0.798. The monoisotopic (exact) mass is 315 g/mol. The molecule has 1 atom stereocenters. The highest BCUT2D eigenvalue weighted by Crippen LogP contribution is 2.43. The van der Waals surface area contributed by atoms with Gasteiger partial charge in [-0.25, -0.2) is 0 Å². The van der Waals surface area contributed by atoms with E-state index >= 15 is 0 Å².